The summed E-state index contributed by atoms with van der Waals surface area (Å²) in [7, 11) is 0. The number of para-hydroxylation sites is 2. The van der Waals surface area contributed by atoms with Gasteiger partial charge >= 0.3 is 5.97 Å². The van der Waals surface area contributed by atoms with Crippen LogP contribution >= 0.6 is 0 Å². The molecule has 0 aromatic heterocycles. The van der Waals surface area contributed by atoms with Crippen molar-refractivity contribution in [2.45, 2.75) is 63.6 Å². The number of anilines is 1. The Labute approximate surface area is 193 Å². The van der Waals surface area contributed by atoms with Gasteiger partial charge in [0, 0.05) is 0 Å². The van der Waals surface area contributed by atoms with E-state index in [2.05, 4.69) is 5.32 Å². The molecule has 176 valence electrons. The Morgan fingerprint density at radius 1 is 1.12 bits per heavy atom. The van der Waals surface area contributed by atoms with Crippen LogP contribution in [0.15, 0.2) is 48.5 Å². The fourth-order valence-corrected chi connectivity index (χ4v) is 4.81. The molecule has 0 saturated heterocycles. The first-order valence-corrected chi connectivity index (χ1v) is 11.8. The van der Waals surface area contributed by atoms with Gasteiger partial charge in [-0.05, 0) is 48.6 Å². The molecule has 1 aliphatic heterocycles. The van der Waals surface area contributed by atoms with Gasteiger partial charge in [0.05, 0.1) is 12.2 Å². The van der Waals surface area contributed by atoms with Crippen molar-refractivity contribution in [3.05, 3.63) is 59.9 Å². The number of nitrogens with zero attached hydrogens (tertiary/aromatic N) is 1. The molecule has 1 heterocycles. The van der Waals surface area contributed by atoms with Gasteiger partial charge in [0.15, 0.2) is 0 Å². The van der Waals surface area contributed by atoms with Crippen LogP contribution in [0.5, 0.6) is 5.75 Å². The van der Waals surface area contributed by atoms with Gasteiger partial charge in [-0.3, -0.25) is 14.9 Å². The molecular weight excluding hydrogens is 423 g/mol. The lowest BCUT2D eigenvalue weighted by molar-refractivity contribution is -0.140. The Balaban J connectivity index is 1.51. The number of aliphatic carboxylic acids is 1. The lowest BCUT2D eigenvalue weighted by Gasteiger charge is -2.28. The number of hydrogen-bond donors (Lipinski definition) is 2. The van der Waals surface area contributed by atoms with Crippen LogP contribution < -0.4 is 15.0 Å². The molecule has 2 aromatic carbocycles. The third kappa shape index (κ3) is 5.90. The Morgan fingerprint density at radius 2 is 1.85 bits per heavy atom. The highest BCUT2D eigenvalue weighted by atomic mass is 19.1. The van der Waals surface area contributed by atoms with Crippen LogP contribution in [0.1, 0.15) is 50.5 Å². The van der Waals surface area contributed by atoms with Crippen molar-refractivity contribution in [1.29, 1.82) is 0 Å². The molecule has 4 rings (SSSR count). The van der Waals surface area contributed by atoms with Crippen LogP contribution in [0, 0.1) is 11.7 Å². The van der Waals surface area contributed by atoms with Gasteiger partial charge in [-0.15, -0.1) is 0 Å². The first kappa shape index (κ1) is 23.2. The maximum absolute atomic E-state index is 13.6. The molecule has 2 atom stereocenters. The van der Waals surface area contributed by atoms with E-state index in [1.165, 1.54) is 31.4 Å². The number of ether oxygens (including phenoxy) is 1. The van der Waals surface area contributed by atoms with E-state index in [4.69, 9.17) is 4.74 Å². The summed E-state index contributed by atoms with van der Waals surface area (Å²) in [5.41, 5.74) is 1.39. The van der Waals surface area contributed by atoms with Crippen molar-refractivity contribution in [2.24, 2.45) is 5.92 Å². The Bertz CT molecular complexity index is 959. The molecule has 7 heteroatoms. The lowest BCUT2D eigenvalue weighted by Crippen LogP contribution is -2.53. The molecule has 1 fully saturated rings. The fraction of sp³-hybridized carbons (Fsp3) is 0.462. The standard InChI is InChI=1S/C26H31FN2O4/c27-20-13-10-19(11-14-20)16-29-23-8-4-5-9-24(23)33-17-22(25(29)30)28-21(26(31)32)15-12-18-6-2-1-3-7-18/h4-5,8-11,13-14,18,21-22,28H,1-3,6-7,12,15-17H2,(H,31,32)/t21-,22?/m0/s1. The molecule has 2 N–H and O–H groups in total. The first-order valence-electron chi connectivity index (χ1n) is 11.8. The Kier molecular flexibility index (Phi) is 7.60. The number of benzene rings is 2. The van der Waals surface area contributed by atoms with Crippen molar-refractivity contribution in [3.8, 4) is 5.75 Å². The molecule has 1 amide bonds. The minimum atomic E-state index is -0.953. The number of carboxylic acids is 1. The zero-order valence-corrected chi connectivity index (χ0v) is 18.7. The van der Waals surface area contributed by atoms with Crippen LogP contribution in [0.4, 0.5) is 10.1 Å². The Hall–Kier alpha value is -2.93. The van der Waals surface area contributed by atoms with Crippen LogP contribution in [-0.4, -0.2) is 35.7 Å². The molecule has 1 aliphatic carbocycles. The van der Waals surface area contributed by atoms with Crippen molar-refractivity contribution in [1.82, 2.24) is 5.32 Å². The van der Waals surface area contributed by atoms with E-state index in [1.807, 2.05) is 12.1 Å². The maximum atomic E-state index is 13.6. The van der Waals surface area contributed by atoms with Crippen LogP contribution in [0.25, 0.3) is 0 Å². The number of carbonyl (C=O) groups is 2. The van der Waals surface area contributed by atoms with Gasteiger partial charge in [-0.25, -0.2) is 4.39 Å². The number of rotatable bonds is 8. The van der Waals surface area contributed by atoms with Crippen LogP contribution in [0.2, 0.25) is 0 Å². The monoisotopic (exact) mass is 454 g/mol. The van der Waals surface area contributed by atoms with E-state index in [9.17, 15) is 19.1 Å². The molecule has 0 bridgehead atoms. The summed E-state index contributed by atoms with van der Waals surface area (Å²) in [5, 5.41) is 12.9. The largest absolute Gasteiger partial charge is 0.489 e. The summed E-state index contributed by atoms with van der Waals surface area (Å²) >= 11 is 0. The van der Waals surface area contributed by atoms with Gasteiger partial charge in [0.25, 0.3) is 0 Å². The molecule has 0 radical (unpaired) electrons. The molecule has 2 aliphatic rings. The van der Waals surface area contributed by atoms with E-state index in [-0.39, 0.29) is 24.9 Å². The van der Waals surface area contributed by atoms with E-state index in [1.54, 1.807) is 29.2 Å². The molecule has 2 aromatic rings. The highest BCUT2D eigenvalue weighted by Crippen LogP contribution is 2.33. The SMILES string of the molecule is O=C(O)[C@H](CCC1CCCCC1)NC1COc2ccccc2N(Cc2ccc(F)cc2)C1=O. The average Bonchev–Trinajstić information content (AvgIpc) is 2.95. The zero-order valence-electron chi connectivity index (χ0n) is 18.7. The number of hydrogen-bond acceptors (Lipinski definition) is 4. The summed E-state index contributed by atoms with van der Waals surface area (Å²) in [6, 6.07) is 11.6. The number of fused-ring (bicyclic) bond motifs is 1. The molecule has 6 nitrogen and oxygen atoms in total. The minimum Gasteiger partial charge on any atom is -0.489 e. The number of amides is 1. The second kappa shape index (κ2) is 10.8. The predicted molar refractivity (Wildman–Crippen MR) is 124 cm³/mol. The molecule has 1 unspecified atom stereocenters. The van der Waals surface area contributed by atoms with Crippen molar-refractivity contribution < 1.29 is 23.8 Å². The zero-order chi connectivity index (χ0) is 23.2. The first-order chi connectivity index (χ1) is 16.0. The number of carboxylic acid groups (broad SMARTS) is 1. The predicted octanol–water partition coefficient (Wildman–Crippen LogP) is 4.52. The second-order valence-electron chi connectivity index (χ2n) is 9.02. The molecule has 33 heavy (non-hydrogen) atoms. The van der Waals surface area contributed by atoms with Gasteiger partial charge in [0.1, 0.15) is 30.3 Å². The van der Waals surface area contributed by atoms with Crippen LogP contribution in [0.3, 0.4) is 0 Å². The summed E-state index contributed by atoms with van der Waals surface area (Å²) in [6.07, 6.45) is 7.30. The summed E-state index contributed by atoms with van der Waals surface area (Å²) in [6.45, 7) is 0.278. The summed E-state index contributed by atoms with van der Waals surface area (Å²) in [4.78, 5) is 27.1. The number of nitrogens with one attached hydrogen (secondary N) is 1. The normalized spacial score (nSPS) is 20.0. The average molecular weight is 455 g/mol. The second-order valence-corrected chi connectivity index (χ2v) is 9.02. The minimum absolute atomic E-state index is 0.0446. The van der Waals surface area contributed by atoms with Crippen molar-refractivity contribution >= 4 is 17.6 Å². The third-order valence-electron chi connectivity index (χ3n) is 6.67. The quantitative estimate of drug-likeness (QED) is 0.613. The maximum Gasteiger partial charge on any atom is 0.320 e. The summed E-state index contributed by atoms with van der Waals surface area (Å²) < 4.78 is 19.3. The molecule has 0 spiro atoms. The van der Waals surface area contributed by atoms with Gasteiger partial charge in [-0.1, -0.05) is 56.4 Å². The molecule has 1 saturated carbocycles. The highest BCUT2D eigenvalue weighted by molar-refractivity contribution is 5.99. The Morgan fingerprint density at radius 3 is 2.58 bits per heavy atom. The van der Waals surface area contributed by atoms with E-state index in [0.717, 1.165) is 24.8 Å². The van der Waals surface area contributed by atoms with Crippen molar-refractivity contribution in [2.75, 3.05) is 11.5 Å². The topological polar surface area (TPSA) is 78.9 Å². The summed E-state index contributed by atoms with van der Waals surface area (Å²) in [5.74, 6) is -0.431. The van der Waals surface area contributed by atoms with E-state index < -0.39 is 18.1 Å². The van der Waals surface area contributed by atoms with Gasteiger partial charge < -0.3 is 14.7 Å². The number of halogens is 1. The fourth-order valence-electron chi connectivity index (χ4n) is 4.81. The van der Waals surface area contributed by atoms with E-state index in [0.29, 0.717) is 23.8 Å². The smallest absolute Gasteiger partial charge is 0.320 e. The lowest BCUT2D eigenvalue weighted by atomic mass is 9.85. The van der Waals surface area contributed by atoms with Gasteiger partial charge in [0.2, 0.25) is 5.91 Å². The molecular formula is C26H31FN2O4. The van der Waals surface area contributed by atoms with Crippen molar-refractivity contribution in [3.63, 3.8) is 0 Å². The van der Waals surface area contributed by atoms with E-state index >= 15 is 0 Å². The third-order valence-corrected chi connectivity index (χ3v) is 6.67. The van der Waals surface area contributed by atoms with Crippen LogP contribution in [-0.2, 0) is 16.1 Å². The van der Waals surface area contributed by atoms with Gasteiger partial charge in [-0.2, -0.15) is 0 Å². The highest BCUT2D eigenvalue weighted by Gasteiger charge is 2.34. The number of carbonyl (C=O) groups excluding carboxylic acids is 1.